The third-order valence-electron chi connectivity index (χ3n) is 4.04. The van der Waals surface area contributed by atoms with Crippen LogP contribution in [0.25, 0.3) is 11.3 Å². The lowest BCUT2D eigenvalue weighted by atomic mass is 10.2. The maximum absolute atomic E-state index is 6.38. The molecule has 4 rings (SSSR count). The molecule has 0 bridgehead atoms. The Hall–Kier alpha value is -3.49. The number of aromatic nitrogens is 4. The zero-order valence-corrected chi connectivity index (χ0v) is 16.0. The second kappa shape index (κ2) is 8.68. The zero-order valence-electron chi connectivity index (χ0n) is 15.2. The van der Waals surface area contributed by atoms with Crippen molar-refractivity contribution >= 4 is 23.1 Å². The number of hydrogen-bond acceptors (Lipinski definition) is 8. The number of halogens is 1. The Labute approximate surface area is 171 Å². The van der Waals surface area contributed by atoms with Gasteiger partial charge in [0.05, 0.1) is 22.0 Å². The van der Waals surface area contributed by atoms with Crippen LogP contribution in [0.1, 0.15) is 11.4 Å². The van der Waals surface area contributed by atoms with Gasteiger partial charge in [0.1, 0.15) is 24.5 Å². The first-order valence-corrected chi connectivity index (χ1v) is 9.16. The number of rotatable bonds is 7. The van der Waals surface area contributed by atoms with Gasteiger partial charge in [0.15, 0.2) is 5.76 Å². The van der Waals surface area contributed by atoms with Crippen LogP contribution in [-0.4, -0.2) is 20.1 Å². The third-order valence-corrected chi connectivity index (χ3v) is 4.34. The normalized spacial score (nSPS) is 10.7. The van der Waals surface area contributed by atoms with Gasteiger partial charge in [0, 0.05) is 30.7 Å². The standard InChI is InChI=1S/C20H17ClN6O2/c21-17-7-13(4-5-18(17)28-11-14-3-1-2-6-24-14)26-20-16(10-23-12-25-20)19-8-15(9-22)27-29-19/h1-8,10,12H,9,11,22H2,(H,23,25,26). The van der Waals surface area contributed by atoms with Gasteiger partial charge >= 0.3 is 0 Å². The number of nitrogens with one attached hydrogen (secondary N) is 1. The minimum Gasteiger partial charge on any atom is -0.486 e. The van der Waals surface area contributed by atoms with Gasteiger partial charge in [-0.15, -0.1) is 0 Å². The minimum absolute atomic E-state index is 0.287. The van der Waals surface area contributed by atoms with E-state index in [0.29, 0.717) is 40.2 Å². The molecule has 0 unspecified atom stereocenters. The van der Waals surface area contributed by atoms with Crippen LogP contribution in [0.4, 0.5) is 11.5 Å². The molecule has 146 valence electrons. The lowest BCUT2D eigenvalue weighted by Gasteiger charge is -2.11. The molecule has 0 fully saturated rings. The highest BCUT2D eigenvalue weighted by molar-refractivity contribution is 6.32. The van der Waals surface area contributed by atoms with E-state index in [4.69, 9.17) is 26.6 Å². The molecule has 8 nitrogen and oxygen atoms in total. The molecule has 0 radical (unpaired) electrons. The summed E-state index contributed by atoms with van der Waals surface area (Å²) in [4.78, 5) is 12.6. The molecule has 29 heavy (non-hydrogen) atoms. The van der Waals surface area contributed by atoms with Crippen molar-refractivity contribution in [3.05, 3.63) is 77.6 Å². The van der Waals surface area contributed by atoms with Crippen molar-refractivity contribution < 1.29 is 9.26 Å². The maximum atomic E-state index is 6.38. The summed E-state index contributed by atoms with van der Waals surface area (Å²) in [6.45, 7) is 0.619. The molecule has 3 N–H and O–H groups in total. The highest BCUT2D eigenvalue weighted by Crippen LogP contribution is 2.32. The Morgan fingerprint density at radius 1 is 1.10 bits per heavy atom. The molecule has 4 aromatic rings. The summed E-state index contributed by atoms with van der Waals surface area (Å²) < 4.78 is 11.1. The van der Waals surface area contributed by atoms with Crippen LogP contribution in [0, 0.1) is 0 Å². The molecule has 0 aliphatic carbocycles. The van der Waals surface area contributed by atoms with Crippen molar-refractivity contribution in [1.82, 2.24) is 20.1 Å². The Balaban J connectivity index is 1.51. The zero-order chi connectivity index (χ0) is 20.1. The van der Waals surface area contributed by atoms with Crippen LogP contribution in [0.15, 0.2) is 65.7 Å². The van der Waals surface area contributed by atoms with E-state index in [1.165, 1.54) is 6.33 Å². The fourth-order valence-corrected chi connectivity index (χ4v) is 2.85. The number of ether oxygens (including phenoxy) is 1. The molecule has 3 aromatic heterocycles. The summed E-state index contributed by atoms with van der Waals surface area (Å²) in [6, 6.07) is 12.8. The molecule has 3 heterocycles. The monoisotopic (exact) mass is 408 g/mol. The Bertz CT molecular complexity index is 1100. The van der Waals surface area contributed by atoms with Gasteiger partial charge in [-0.2, -0.15) is 0 Å². The summed E-state index contributed by atoms with van der Waals surface area (Å²) in [6.07, 6.45) is 4.80. The average Bonchev–Trinajstić information content (AvgIpc) is 3.23. The van der Waals surface area contributed by atoms with Gasteiger partial charge < -0.3 is 20.3 Å². The van der Waals surface area contributed by atoms with Crippen molar-refractivity contribution in [2.75, 3.05) is 5.32 Å². The first-order chi connectivity index (χ1) is 14.2. The van der Waals surface area contributed by atoms with E-state index in [1.54, 1.807) is 30.6 Å². The molecular formula is C20H17ClN6O2. The van der Waals surface area contributed by atoms with Gasteiger partial charge in [0.2, 0.25) is 0 Å². The van der Waals surface area contributed by atoms with Crippen LogP contribution in [0.3, 0.4) is 0 Å². The van der Waals surface area contributed by atoms with Gasteiger partial charge in [-0.1, -0.05) is 22.8 Å². The van der Waals surface area contributed by atoms with E-state index in [9.17, 15) is 0 Å². The lowest BCUT2D eigenvalue weighted by molar-refractivity contribution is 0.301. The molecule has 1 aromatic carbocycles. The molecule has 0 aliphatic rings. The van der Waals surface area contributed by atoms with Gasteiger partial charge in [-0.25, -0.2) is 9.97 Å². The molecule has 0 atom stereocenters. The first kappa shape index (κ1) is 18.9. The highest BCUT2D eigenvalue weighted by Gasteiger charge is 2.13. The van der Waals surface area contributed by atoms with Crippen molar-refractivity contribution in [3.63, 3.8) is 0 Å². The van der Waals surface area contributed by atoms with Crippen molar-refractivity contribution in [2.45, 2.75) is 13.2 Å². The van der Waals surface area contributed by atoms with Gasteiger partial charge in [-0.05, 0) is 30.3 Å². The Kier molecular flexibility index (Phi) is 5.64. The molecule has 0 amide bonds. The number of benzene rings is 1. The third kappa shape index (κ3) is 4.50. The van der Waals surface area contributed by atoms with Crippen LogP contribution in [0.5, 0.6) is 5.75 Å². The van der Waals surface area contributed by atoms with E-state index in [2.05, 4.69) is 25.4 Å². The van der Waals surface area contributed by atoms with E-state index in [1.807, 2.05) is 24.3 Å². The van der Waals surface area contributed by atoms with Crippen LogP contribution >= 0.6 is 11.6 Å². The molecule has 0 saturated carbocycles. The van der Waals surface area contributed by atoms with Crippen molar-refractivity contribution in [1.29, 1.82) is 0 Å². The lowest BCUT2D eigenvalue weighted by Crippen LogP contribution is -2.00. The highest BCUT2D eigenvalue weighted by atomic mass is 35.5. The largest absolute Gasteiger partial charge is 0.486 e. The van der Waals surface area contributed by atoms with Gasteiger partial charge in [0.25, 0.3) is 0 Å². The van der Waals surface area contributed by atoms with Crippen molar-refractivity contribution in [3.8, 4) is 17.1 Å². The predicted octanol–water partition coefficient (Wildman–Crippen LogP) is 3.96. The SMILES string of the molecule is NCc1cc(-c2cncnc2Nc2ccc(OCc3ccccn3)c(Cl)c2)on1. The molecule has 0 saturated heterocycles. The van der Waals surface area contributed by atoms with Crippen molar-refractivity contribution in [2.24, 2.45) is 5.73 Å². The summed E-state index contributed by atoms with van der Waals surface area (Å²) in [5, 5.41) is 7.59. The Morgan fingerprint density at radius 2 is 2.03 bits per heavy atom. The molecule has 9 heteroatoms. The Morgan fingerprint density at radius 3 is 2.79 bits per heavy atom. The number of nitrogens with zero attached hydrogens (tertiary/aromatic N) is 4. The number of anilines is 2. The number of pyridine rings is 1. The molecule has 0 spiro atoms. The maximum Gasteiger partial charge on any atom is 0.172 e. The molecule has 0 aliphatic heterocycles. The van der Waals surface area contributed by atoms with E-state index >= 15 is 0 Å². The fourth-order valence-electron chi connectivity index (χ4n) is 2.61. The first-order valence-electron chi connectivity index (χ1n) is 8.78. The van der Waals surface area contributed by atoms with Crippen LogP contribution in [-0.2, 0) is 13.2 Å². The predicted molar refractivity (Wildman–Crippen MR) is 109 cm³/mol. The van der Waals surface area contributed by atoms with E-state index < -0.39 is 0 Å². The number of nitrogens with two attached hydrogens (primary N) is 1. The summed E-state index contributed by atoms with van der Waals surface area (Å²) >= 11 is 6.38. The van der Waals surface area contributed by atoms with E-state index in [-0.39, 0.29) is 6.54 Å². The minimum atomic E-state index is 0.287. The second-order valence-electron chi connectivity index (χ2n) is 6.05. The van der Waals surface area contributed by atoms with E-state index in [0.717, 1.165) is 11.4 Å². The summed E-state index contributed by atoms with van der Waals surface area (Å²) in [5.41, 5.74) is 8.45. The second-order valence-corrected chi connectivity index (χ2v) is 6.46. The van der Waals surface area contributed by atoms with Crippen LogP contribution < -0.4 is 15.8 Å². The summed E-state index contributed by atoms with van der Waals surface area (Å²) in [5.74, 6) is 1.64. The van der Waals surface area contributed by atoms with Gasteiger partial charge in [-0.3, -0.25) is 4.98 Å². The fraction of sp³-hybridized carbons (Fsp3) is 0.100. The smallest absolute Gasteiger partial charge is 0.172 e. The topological polar surface area (TPSA) is 112 Å². The quantitative estimate of drug-likeness (QED) is 0.472. The average molecular weight is 409 g/mol. The number of hydrogen-bond donors (Lipinski definition) is 2. The van der Waals surface area contributed by atoms with Crippen LogP contribution in [0.2, 0.25) is 5.02 Å². The summed E-state index contributed by atoms with van der Waals surface area (Å²) in [7, 11) is 0. The molecular weight excluding hydrogens is 392 g/mol.